The molecule has 2 heterocycles. The molecule has 1 aromatic carbocycles. The van der Waals surface area contributed by atoms with Gasteiger partial charge < -0.3 is 15.0 Å². The van der Waals surface area contributed by atoms with Gasteiger partial charge in [-0.15, -0.1) is 0 Å². The van der Waals surface area contributed by atoms with Crippen LogP contribution in [0.2, 0.25) is 0 Å². The number of ether oxygens (including phenoxy) is 1. The van der Waals surface area contributed by atoms with Gasteiger partial charge in [-0.1, -0.05) is 12.1 Å². The molecule has 0 spiro atoms. The molecule has 2 aromatic rings. The molecular weight excluding hydrogens is 281 g/mol. The summed E-state index contributed by atoms with van der Waals surface area (Å²) >= 11 is 0. The van der Waals surface area contributed by atoms with Gasteiger partial charge in [-0.3, -0.25) is 0 Å². The zero-order chi connectivity index (χ0) is 15.4. The van der Waals surface area contributed by atoms with E-state index in [1.54, 1.807) is 12.1 Å². The number of nitrogens with zero attached hydrogens (tertiary/aromatic N) is 2. The fourth-order valence-corrected chi connectivity index (χ4v) is 2.48. The van der Waals surface area contributed by atoms with Crippen LogP contribution in [0.3, 0.4) is 0 Å². The van der Waals surface area contributed by atoms with Gasteiger partial charge >= 0.3 is 0 Å². The van der Waals surface area contributed by atoms with E-state index in [1.165, 1.54) is 0 Å². The normalized spacial score (nSPS) is 14.9. The minimum atomic E-state index is -0.183. The third kappa shape index (κ3) is 3.54. The van der Waals surface area contributed by atoms with Crippen LogP contribution >= 0.6 is 0 Å². The first-order valence-corrected chi connectivity index (χ1v) is 7.50. The molecule has 0 saturated carbocycles. The molecule has 5 heteroatoms. The van der Waals surface area contributed by atoms with E-state index < -0.39 is 0 Å². The molecule has 4 nitrogen and oxygen atoms in total. The zero-order valence-corrected chi connectivity index (χ0v) is 12.7. The second kappa shape index (κ2) is 6.75. The summed E-state index contributed by atoms with van der Waals surface area (Å²) in [6, 6.07) is 9.23. The number of aryl methyl sites for hydroxylation is 1. The molecule has 1 saturated heterocycles. The van der Waals surface area contributed by atoms with E-state index in [4.69, 9.17) is 4.74 Å². The summed E-state index contributed by atoms with van der Waals surface area (Å²) in [5.41, 5.74) is 2.66. The molecule has 1 aliphatic rings. The molecule has 1 aromatic heterocycles. The van der Waals surface area contributed by atoms with Crippen molar-refractivity contribution in [2.45, 2.75) is 13.5 Å². The third-order valence-corrected chi connectivity index (χ3v) is 3.79. The molecule has 1 N–H and O–H groups in total. The number of nitrogens with one attached hydrogen (secondary N) is 1. The first-order valence-electron chi connectivity index (χ1n) is 7.50. The lowest BCUT2D eigenvalue weighted by molar-refractivity contribution is 0.122. The predicted molar refractivity (Wildman–Crippen MR) is 85.7 cm³/mol. The van der Waals surface area contributed by atoms with E-state index in [0.29, 0.717) is 12.1 Å². The largest absolute Gasteiger partial charge is 0.378 e. The van der Waals surface area contributed by atoms with Crippen molar-refractivity contribution in [1.29, 1.82) is 0 Å². The van der Waals surface area contributed by atoms with Crippen molar-refractivity contribution in [3.63, 3.8) is 0 Å². The minimum absolute atomic E-state index is 0.183. The molecule has 22 heavy (non-hydrogen) atoms. The van der Waals surface area contributed by atoms with Gasteiger partial charge in [0.2, 0.25) is 0 Å². The Balaban J connectivity index is 1.61. The van der Waals surface area contributed by atoms with E-state index in [1.807, 2.05) is 31.3 Å². The maximum absolute atomic E-state index is 13.8. The molecule has 0 atom stereocenters. The minimum Gasteiger partial charge on any atom is -0.378 e. The highest BCUT2D eigenvalue weighted by Gasteiger charge is 2.11. The maximum atomic E-state index is 13.8. The highest BCUT2D eigenvalue weighted by atomic mass is 19.1. The first-order chi connectivity index (χ1) is 10.7. The van der Waals surface area contributed by atoms with E-state index in [9.17, 15) is 4.39 Å². The number of hydrogen-bond acceptors (Lipinski definition) is 4. The number of pyridine rings is 1. The van der Waals surface area contributed by atoms with Crippen molar-refractivity contribution in [2.75, 3.05) is 36.5 Å². The Bertz CT molecular complexity index is 624. The summed E-state index contributed by atoms with van der Waals surface area (Å²) in [7, 11) is 0. The quantitative estimate of drug-likeness (QED) is 0.942. The van der Waals surface area contributed by atoms with Crippen LogP contribution < -0.4 is 10.2 Å². The Hall–Kier alpha value is -2.14. The van der Waals surface area contributed by atoms with Gasteiger partial charge in [0.25, 0.3) is 0 Å². The number of aromatic nitrogens is 1. The lowest BCUT2D eigenvalue weighted by atomic mass is 10.1. The maximum Gasteiger partial charge on any atom is 0.128 e. The van der Waals surface area contributed by atoms with Crippen LogP contribution in [-0.2, 0) is 11.3 Å². The lowest BCUT2D eigenvalue weighted by Crippen LogP contribution is -2.36. The molecule has 1 aliphatic heterocycles. The highest BCUT2D eigenvalue weighted by Crippen LogP contribution is 2.17. The molecule has 0 radical (unpaired) electrons. The molecule has 0 amide bonds. The fourth-order valence-electron chi connectivity index (χ4n) is 2.48. The SMILES string of the molecule is Cc1ccc(CNc2ccc(N3CCOCC3)cn2)c(F)c1. The summed E-state index contributed by atoms with van der Waals surface area (Å²) in [6.45, 7) is 5.60. The fraction of sp³-hybridized carbons (Fsp3) is 0.353. The van der Waals surface area contributed by atoms with Crippen LogP contribution in [0.4, 0.5) is 15.9 Å². The average Bonchev–Trinajstić information content (AvgIpc) is 2.55. The average molecular weight is 301 g/mol. The van der Waals surface area contributed by atoms with Gasteiger partial charge in [0.15, 0.2) is 0 Å². The van der Waals surface area contributed by atoms with Crippen molar-refractivity contribution in [1.82, 2.24) is 4.98 Å². The predicted octanol–water partition coefficient (Wildman–Crippen LogP) is 2.98. The monoisotopic (exact) mass is 301 g/mol. The van der Waals surface area contributed by atoms with Crippen molar-refractivity contribution < 1.29 is 9.13 Å². The van der Waals surface area contributed by atoms with Crippen LogP contribution in [0.15, 0.2) is 36.5 Å². The van der Waals surface area contributed by atoms with Crippen molar-refractivity contribution in [2.24, 2.45) is 0 Å². The van der Waals surface area contributed by atoms with Gasteiger partial charge in [-0.25, -0.2) is 9.37 Å². The molecule has 1 fully saturated rings. The number of rotatable bonds is 4. The van der Waals surface area contributed by atoms with Gasteiger partial charge in [0, 0.05) is 25.2 Å². The van der Waals surface area contributed by atoms with E-state index in [-0.39, 0.29) is 5.82 Å². The molecule has 3 rings (SSSR count). The van der Waals surface area contributed by atoms with Crippen LogP contribution in [0, 0.1) is 12.7 Å². The van der Waals surface area contributed by atoms with Crippen LogP contribution in [0.1, 0.15) is 11.1 Å². The Kier molecular flexibility index (Phi) is 4.53. The highest BCUT2D eigenvalue weighted by molar-refractivity contribution is 5.49. The van der Waals surface area contributed by atoms with Crippen LogP contribution in [0.25, 0.3) is 0 Å². The third-order valence-electron chi connectivity index (χ3n) is 3.79. The second-order valence-corrected chi connectivity index (χ2v) is 5.45. The second-order valence-electron chi connectivity index (χ2n) is 5.45. The smallest absolute Gasteiger partial charge is 0.128 e. The van der Waals surface area contributed by atoms with E-state index in [2.05, 4.69) is 15.2 Å². The Morgan fingerprint density at radius 2 is 2.05 bits per heavy atom. The summed E-state index contributed by atoms with van der Waals surface area (Å²) in [5.74, 6) is 0.564. The summed E-state index contributed by atoms with van der Waals surface area (Å²) in [5, 5.41) is 3.16. The van der Waals surface area contributed by atoms with Crippen molar-refractivity contribution >= 4 is 11.5 Å². The number of hydrogen-bond donors (Lipinski definition) is 1. The molecule has 0 unspecified atom stereocenters. The Morgan fingerprint density at radius 1 is 1.23 bits per heavy atom. The lowest BCUT2D eigenvalue weighted by Gasteiger charge is -2.28. The van der Waals surface area contributed by atoms with Crippen LogP contribution in [-0.4, -0.2) is 31.3 Å². The van der Waals surface area contributed by atoms with Gasteiger partial charge in [0.1, 0.15) is 11.6 Å². The van der Waals surface area contributed by atoms with Crippen molar-refractivity contribution in [3.05, 3.63) is 53.5 Å². The number of benzene rings is 1. The van der Waals surface area contributed by atoms with Crippen LogP contribution in [0.5, 0.6) is 0 Å². The summed E-state index contributed by atoms with van der Waals surface area (Å²) in [4.78, 5) is 6.65. The summed E-state index contributed by atoms with van der Waals surface area (Å²) in [6.07, 6.45) is 1.85. The topological polar surface area (TPSA) is 37.4 Å². The van der Waals surface area contributed by atoms with Gasteiger partial charge in [-0.05, 0) is 30.7 Å². The number of halogens is 1. The molecule has 0 bridgehead atoms. The Morgan fingerprint density at radius 3 is 2.73 bits per heavy atom. The van der Waals surface area contributed by atoms with Gasteiger partial charge in [-0.2, -0.15) is 0 Å². The molecule has 0 aliphatic carbocycles. The van der Waals surface area contributed by atoms with Crippen molar-refractivity contribution in [3.8, 4) is 0 Å². The zero-order valence-electron chi connectivity index (χ0n) is 12.7. The Labute approximate surface area is 129 Å². The number of anilines is 2. The first kappa shape index (κ1) is 14.8. The van der Waals surface area contributed by atoms with E-state index in [0.717, 1.165) is 43.4 Å². The molecule has 116 valence electrons. The van der Waals surface area contributed by atoms with E-state index >= 15 is 0 Å². The standard InChI is InChI=1S/C17H20FN3O/c1-13-2-3-14(16(18)10-13)11-19-17-5-4-15(12-20-17)21-6-8-22-9-7-21/h2-5,10,12H,6-9,11H2,1H3,(H,19,20). The number of morpholine rings is 1. The van der Waals surface area contributed by atoms with Gasteiger partial charge in [0.05, 0.1) is 25.1 Å². The summed E-state index contributed by atoms with van der Waals surface area (Å²) < 4.78 is 19.1. The molecular formula is C17H20FN3O.